The Balaban J connectivity index is 2.23. The van der Waals surface area contributed by atoms with Crippen molar-refractivity contribution in [2.24, 2.45) is 0 Å². The van der Waals surface area contributed by atoms with Crippen molar-refractivity contribution >= 4 is 16.7 Å². The zero-order valence-corrected chi connectivity index (χ0v) is 10.7. The largest absolute Gasteiger partial charge is 0.365 e. The molecule has 1 aliphatic rings. The third-order valence-corrected chi connectivity index (χ3v) is 3.48. The molecule has 0 saturated heterocycles. The van der Waals surface area contributed by atoms with Crippen LogP contribution in [0.2, 0.25) is 0 Å². The zero-order valence-electron chi connectivity index (χ0n) is 10.7. The van der Waals surface area contributed by atoms with E-state index in [1.165, 1.54) is 16.5 Å². The maximum atomic E-state index is 4.81. The van der Waals surface area contributed by atoms with Crippen molar-refractivity contribution in [3.63, 3.8) is 0 Å². The predicted octanol–water partition coefficient (Wildman–Crippen LogP) is 3.54. The van der Waals surface area contributed by atoms with Crippen LogP contribution in [0, 0.1) is 0 Å². The predicted molar refractivity (Wildman–Crippen MR) is 72.5 cm³/mol. The molecule has 2 nitrogen and oxygen atoms in total. The van der Waals surface area contributed by atoms with Crippen LogP contribution in [0.25, 0.3) is 10.9 Å². The molecule has 88 valence electrons. The Morgan fingerprint density at radius 2 is 2.18 bits per heavy atom. The Labute approximate surface area is 102 Å². The lowest BCUT2D eigenvalue weighted by Crippen LogP contribution is -2.27. The average molecular weight is 226 g/mol. The van der Waals surface area contributed by atoms with Gasteiger partial charge in [-0.15, -0.1) is 0 Å². The van der Waals surface area contributed by atoms with Crippen LogP contribution in [0.4, 0.5) is 5.82 Å². The van der Waals surface area contributed by atoms with Gasteiger partial charge in [0.15, 0.2) is 0 Å². The molecule has 2 aromatic rings. The number of nitrogens with one attached hydrogen (secondary N) is 1. The van der Waals surface area contributed by atoms with Crippen LogP contribution < -0.4 is 5.32 Å². The molecule has 0 fully saturated rings. The van der Waals surface area contributed by atoms with Gasteiger partial charge in [-0.05, 0) is 43.9 Å². The molecule has 0 aliphatic carbocycles. The number of benzene rings is 1. The molecule has 3 rings (SSSR count). The van der Waals surface area contributed by atoms with E-state index in [-0.39, 0.29) is 5.54 Å². The summed E-state index contributed by atoms with van der Waals surface area (Å²) in [6.07, 6.45) is 2.09. The molecule has 0 saturated carbocycles. The summed E-state index contributed by atoms with van der Waals surface area (Å²) in [5.74, 6) is 1.07. The molecule has 0 atom stereocenters. The van der Waals surface area contributed by atoms with E-state index in [0.717, 1.165) is 24.2 Å². The van der Waals surface area contributed by atoms with E-state index < -0.39 is 0 Å². The van der Waals surface area contributed by atoms with Crippen LogP contribution >= 0.6 is 0 Å². The summed E-state index contributed by atoms with van der Waals surface area (Å²) in [6.45, 7) is 6.63. The minimum Gasteiger partial charge on any atom is -0.365 e. The number of hydrogen-bond acceptors (Lipinski definition) is 2. The summed E-state index contributed by atoms with van der Waals surface area (Å²) in [5.41, 5.74) is 3.96. The third-order valence-electron chi connectivity index (χ3n) is 3.48. The number of nitrogens with zero attached hydrogens (tertiary/aromatic N) is 1. The minimum absolute atomic E-state index is 0.138. The second-order valence-electron chi connectivity index (χ2n) is 5.52. The van der Waals surface area contributed by atoms with Gasteiger partial charge in [0.05, 0.1) is 5.52 Å². The highest BCUT2D eigenvalue weighted by molar-refractivity contribution is 5.85. The first-order valence-electron chi connectivity index (χ1n) is 6.29. The van der Waals surface area contributed by atoms with Crippen molar-refractivity contribution in [2.75, 3.05) is 5.32 Å². The van der Waals surface area contributed by atoms with Gasteiger partial charge < -0.3 is 5.32 Å². The highest BCUT2D eigenvalue weighted by Crippen LogP contribution is 2.33. The fourth-order valence-electron chi connectivity index (χ4n) is 2.67. The number of fused-ring (bicyclic) bond motifs is 2. The van der Waals surface area contributed by atoms with E-state index in [2.05, 4.69) is 50.4 Å². The molecule has 17 heavy (non-hydrogen) atoms. The fraction of sp³-hybridized carbons (Fsp3) is 0.400. The Morgan fingerprint density at radius 3 is 2.94 bits per heavy atom. The molecule has 1 aliphatic heterocycles. The van der Waals surface area contributed by atoms with E-state index in [0.29, 0.717) is 0 Å². The minimum atomic E-state index is 0.138. The van der Waals surface area contributed by atoms with Crippen molar-refractivity contribution in [2.45, 2.75) is 39.2 Å². The molecular weight excluding hydrogens is 208 g/mol. The number of aromatic nitrogens is 1. The van der Waals surface area contributed by atoms with Crippen molar-refractivity contribution in [1.29, 1.82) is 0 Å². The average Bonchev–Trinajstić information content (AvgIpc) is 2.57. The van der Waals surface area contributed by atoms with Crippen LogP contribution in [-0.2, 0) is 12.8 Å². The van der Waals surface area contributed by atoms with Crippen molar-refractivity contribution < 1.29 is 0 Å². The van der Waals surface area contributed by atoms with Gasteiger partial charge in [-0.25, -0.2) is 4.98 Å². The van der Waals surface area contributed by atoms with Crippen LogP contribution in [0.1, 0.15) is 31.9 Å². The number of anilines is 1. The van der Waals surface area contributed by atoms with Crippen LogP contribution in [0.5, 0.6) is 0 Å². The van der Waals surface area contributed by atoms with Crippen molar-refractivity contribution in [3.8, 4) is 0 Å². The normalized spacial score (nSPS) is 16.9. The van der Waals surface area contributed by atoms with Gasteiger partial charge in [-0.2, -0.15) is 0 Å². The smallest absolute Gasteiger partial charge is 0.130 e. The molecule has 0 bridgehead atoms. The number of rotatable bonds is 1. The molecule has 2 heterocycles. The SMILES string of the molecule is CCc1cccc2cc3c(nc12)NC(C)(C)C3. The van der Waals surface area contributed by atoms with Gasteiger partial charge in [0, 0.05) is 10.9 Å². The van der Waals surface area contributed by atoms with Crippen molar-refractivity contribution in [3.05, 3.63) is 35.4 Å². The number of para-hydroxylation sites is 1. The summed E-state index contributed by atoms with van der Waals surface area (Å²) >= 11 is 0. The summed E-state index contributed by atoms with van der Waals surface area (Å²) in [5, 5.41) is 4.77. The lowest BCUT2D eigenvalue weighted by Gasteiger charge is -2.17. The monoisotopic (exact) mass is 226 g/mol. The highest BCUT2D eigenvalue weighted by atomic mass is 15.1. The quantitative estimate of drug-likeness (QED) is 0.804. The fourth-order valence-corrected chi connectivity index (χ4v) is 2.67. The highest BCUT2D eigenvalue weighted by Gasteiger charge is 2.28. The summed E-state index contributed by atoms with van der Waals surface area (Å²) < 4.78 is 0. The van der Waals surface area contributed by atoms with Gasteiger partial charge in [0.25, 0.3) is 0 Å². The first-order valence-corrected chi connectivity index (χ1v) is 6.29. The molecular formula is C15H18N2. The molecule has 1 aromatic heterocycles. The number of pyridine rings is 1. The molecule has 0 amide bonds. The molecule has 0 unspecified atom stereocenters. The van der Waals surface area contributed by atoms with Crippen molar-refractivity contribution in [1.82, 2.24) is 4.98 Å². The summed E-state index contributed by atoms with van der Waals surface area (Å²) in [6, 6.07) is 8.75. The second kappa shape index (κ2) is 3.46. The zero-order chi connectivity index (χ0) is 12.0. The van der Waals surface area contributed by atoms with Crippen LogP contribution in [0.15, 0.2) is 24.3 Å². The number of aryl methyl sites for hydroxylation is 1. The molecule has 0 spiro atoms. The maximum Gasteiger partial charge on any atom is 0.130 e. The molecule has 1 N–H and O–H groups in total. The Bertz CT molecular complexity index is 585. The topological polar surface area (TPSA) is 24.9 Å². The summed E-state index contributed by atoms with van der Waals surface area (Å²) in [7, 11) is 0. The van der Waals surface area contributed by atoms with E-state index in [4.69, 9.17) is 4.98 Å². The summed E-state index contributed by atoms with van der Waals surface area (Å²) in [4.78, 5) is 4.81. The molecule has 0 radical (unpaired) electrons. The standard InChI is InChI=1S/C15H18N2/c1-4-10-6-5-7-11-8-12-9-15(2,3)17-14(12)16-13(10)11/h5-8H,4,9H2,1-3H3,(H,16,17). The number of hydrogen-bond donors (Lipinski definition) is 1. The Hall–Kier alpha value is -1.57. The third kappa shape index (κ3) is 1.68. The molecule has 2 heteroatoms. The van der Waals surface area contributed by atoms with Crippen LogP contribution in [0.3, 0.4) is 0 Å². The van der Waals surface area contributed by atoms with E-state index >= 15 is 0 Å². The lowest BCUT2D eigenvalue weighted by atomic mass is 9.99. The second-order valence-corrected chi connectivity index (χ2v) is 5.52. The van der Waals surface area contributed by atoms with Gasteiger partial charge >= 0.3 is 0 Å². The Kier molecular flexibility index (Phi) is 2.15. The van der Waals surface area contributed by atoms with Crippen LogP contribution in [-0.4, -0.2) is 10.5 Å². The first-order chi connectivity index (χ1) is 8.09. The Morgan fingerprint density at radius 1 is 1.35 bits per heavy atom. The van der Waals surface area contributed by atoms with Gasteiger partial charge in [-0.3, -0.25) is 0 Å². The van der Waals surface area contributed by atoms with E-state index in [1.807, 2.05) is 0 Å². The van der Waals surface area contributed by atoms with E-state index in [1.54, 1.807) is 0 Å². The first kappa shape index (κ1) is 10.6. The van der Waals surface area contributed by atoms with Gasteiger partial charge in [-0.1, -0.05) is 25.1 Å². The maximum absolute atomic E-state index is 4.81. The lowest BCUT2D eigenvalue weighted by molar-refractivity contribution is 0.593. The van der Waals surface area contributed by atoms with Gasteiger partial charge in [0.2, 0.25) is 0 Å². The van der Waals surface area contributed by atoms with E-state index in [9.17, 15) is 0 Å². The molecule has 1 aromatic carbocycles. The van der Waals surface area contributed by atoms with Gasteiger partial charge in [0.1, 0.15) is 5.82 Å².